The number of carbonyl (C=O) groups is 2. The number of methoxy groups -OCH3 is 1. The molecular weight excluding hydrogens is 494 g/mol. The predicted molar refractivity (Wildman–Crippen MR) is 136 cm³/mol. The lowest BCUT2D eigenvalue weighted by Gasteiger charge is -2.35. The smallest absolute Gasteiger partial charge is 0.250 e. The molecule has 2 amide bonds. The van der Waals surface area contributed by atoms with Crippen molar-refractivity contribution in [1.29, 1.82) is 5.26 Å². The van der Waals surface area contributed by atoms with Crippen molar-refractivity contribution in [2.75, 3.05) is 12.0 Å². The highest BCUT2D eigenvalue weighted by Gasteiger charge is 2.77. The summed E-state index contributed by atoms with van der Waals surface area (Å²) < 4.78 is 13.8. The number of hydrogen-bond acceptors (Lipinski definition) is 6. The molecule has 0 N–H and O–H groups in total. The zero-order valence-corrected chi connectivity index (χ0v) is 21.1. The van der Waals surface area contributed by atoms with Gasteiger partial charge in [-0.2, -0.15) is 5.26 Å². The number of nitriles is 1. The number of aryl methyl sites for hydroxylation is 1. The van der Waals surface area contributed by atoms with E-state index in [1.807, 2.05) is 31.2 Å². The fourth-order valence-electron chi connectivity index (χ4n) is 6.72. The average molecular weight is 518 g/mol. The number of hydrogen-bond donors (Lipinski definition) is 0. The average Bonchev–Trinajstić information content (AvgIpc) is 3.45. The minimum absolute atomic E-state index is 0.209. The first-order valence-electron chi connectivity index (χ1n) is 12.1. The molecule has 8 nitrogen and oxygen atoms in total. The molecule has 4 heterocycles. The van der Waals surface area contributed by atoms with Crippen molar-refractivity contribution in [3.63, 3.8) is 0 Å². The summed E-state index contributed by atoms with van der Waals surface area (Å²) in [6, 6.07) is 15.7. The van der Waals surface area contributed by atoms with Crippen LogP contribution >= 0.6 is 11.6 Å². The highest BCUT2D eigenvalue weighted by atomic mass is 35.5. The number of fused-ring (bicyclic) bond motifs is 6. The van der Waals surface area contributed by atoms with Gasteiger partial charge in [-0.1, -0.05) is 35.9 Å². The zero-order valence-electron chi connectivity index (χ0n) is 20.3. The number of benzene rings is 2. The van der Waals surface area contributed by atoms with Gasteiger partial charge in [0.15, 0.2) is 0 Å². The summed E-state index contributed by atoms with van der Waals surface area (Å²) in [5.41, 5.74) is -1.26. The number of rotatable bonds is 5. The molecule has 1 aromatic heterocycles. The van der Waals surface area contributed by atoms with E-state index in [1.165, 1.54) is 21.6 Å². The molecule has 0 spiro atoms. The van der Waals surface area contributed by atoms with Crippen LogP contribution in [0.5, 0.6) is 0 Å². The molecule has 5 atom stereocenters. The monoisotopic (exact) mass is 517 g/mol. The Bertz CT molecular complexity index is 1580. The molecule has 3 aliphatic rings. The number of anilines is 1. The highest BCUT2D eigenvalue weighted by molar-refractivity contribution is 6.30. The van der Waals surface area contributed by atoms with Crippen LogP contribution in [0.3, 0.4) is 0 Å². The zero-order chi connectivity index (χ0) is 26.1. The Labute approximate surface area is 217 Å². The first kappa shape index (κ1) is 23.9. The topological polar surface area (TPSA) is 102 Å². The normalized spacial score (nSPS) is 30.2. The van der Waals surface area contributed by atoms with Crippen LogP contribution in [-0.2, 0) is 25.6 Å². The molecule has 0 saturated carbocycles. The molecule has 2 aromatic carbocycles. The van der Waals surface area contributed by atoms with Crippen LogP contribution in [0.15, 0.2) is 59.5 Å². The number of pyridine rings is 1. The van der Waals surface area contributed by atoms with Crippen LogP contribution in [0, 0.1) is 23.2 Å². The Morgan fingerprint density at radius 2 is 1.81 bits per heavy atom. The molecule has 188 valence electrons. The molecule has 6 rings (SSSR count). The maximum absolute atomic E-state index is 14.1. The standard InChI is InChI=1S/C28H24ClN3O5/c1-27-21(36-2)13-28(37-27,11-12-31-15-17(29)8-10-22(31)33)24-23(27)25(34)32(26(24)35)20-9-7-16(14-30)18-5-3-4-6-19(18)20/h3-10,15,21,23-24H,11-13H2,1-2H3/t21-,23-,24+,27+,28?/m0/s1. The second kappa shape index (κ2) is 8.25. The van der Waals surface area contributed by atoms with Crippen LogP contribution in [0.25, 0.3) is 10.8 Å². The molecule has 1 unspecified atom stereocenters. The van der Waals surface area contributed by atoms with Gasteiger partial charge in [0.25, 0.3) is 5.56 Å². The van der Waals surface area contributed by atoms with Crippen molar-refractivity contribution in [1.82, 2.24) is 4.57 Å². The second-order valence-electron chi connectivity index (χ2n) is 10.2. The SMILES string of the molecule is CO[C@H]1CC2(CCn3cc(Cl)ccc3=O)O[C@@]1(C)[C@@H]1C(=O)N(c3ccc(C#N)c4ccccc34)C(=O)[C@@H]12. The van der Waals surface area contributed by atoms with Crippen molar-refractivity contribution in [2.45, 2.75) is 43.6 Å². The lowest BCUT2D eigenvalue weighted by atomic mass is 9.66. The van der Waals surface area contributed by atoms with Gasteiger partial charge in [0, 0.05) is 43.1 Å². The van der Waals surface area contributed by atoms with Gasteiger partial charge >= 0.3 is 0 Å². The fraction of sp³-hybridized carbons (Fsp3) is 0.357. The molecule has 0 radical (unpaired) electrons. The molecule has 3 fully saturated rings. The molecular formula is C28H24ClN3O5. The number of aromatic nitrogens is 1. The molecule has 0 aliphatic carbocycles. The van der Waals surface area contributed by atoms with E-state index in [0.717, 1.165) is 0 Å². The second-order valence-corrected chi connectivity index (χ2v) is 10.6. The first-order chi connectivity index (χ1) is 17.7. The Balaban J connectivity index is 1.43. The van der Waals surface area contributed by atoms with E-state index in [-0.39, 0.29) is 30.0 Å². The fourth-order valence-corrected chi connectivity index (χ4v) is 6.90. The van der Waals surface area contributed by atoms with Gasteiger partial charge in [-0.3, -0.25) is 14.4 Å². The quantitative estimate of drug-likeness (QED) is 0.479. The van der Waals surface area contributed by atoms with Gasteiger partial charge in [-0.15, -0.1) is 0 Å². The molecule has 37 heavy (non-hydrogen) atoms. The number of imide groups is 1. The van der Waals surface area contributed by atoms with Gasteiger partial charge in [0.05, 0.1) is 45.9 Å². The Morgan fingerprint density at radius 1 is 1.08 bits per heavy atom. The van der Waals surface area contributed by atoms with Gasteiger partial charge in [0.1, 0.15) is 5.60 Å². The van der Waals surface area contributed by atoms with Crippen molar-refractivity contribution >= 4 is 39.9 Å². The summed E-state index contributed by atoms with van der Waals surface area (Å²) >= 11 is 6.11. The number of ether oxygens (including phenoxy) is 2. The van der Waals surface area contributed by atoms with Crippen LogP contribution in [0.1, 0.15) is 25.3 Å². The molecule has 3 aliphatic heterocycles. The third-order valence-corrected chi connectivity index (χ3v) is 8.58. The number of halogens is 1. The summed E-state index contributed by atoms with van der Waals surface area (Å²) in [4.78, 5) is 41.8. The van der Waals surface area contributed by atoms with Crippen molar-refractivity contribution in [2.24, 2.45) is 11.8 Å². The Morgan fingerprint density at radius 3 is 2.54 bits per heavy atom. The summed E-state index contributed by atoms with van der Waals surface area (Å²) in [7, 11) is 1.58. The Hall–Kier alpha value is -3.51. The van der Waals surface area contributed by atoms with E-state index in [1.54, 1.807) is 25.4 Å². The van der Waals surface area contributed by atoms with Crippen LogP contribution in [0.2, 0.25) is 5.02 Å². The summed E-state index contributed by atoms with van der Waals surface area (Å²) in [5, 5.41) is 11.3. The van der Waals surface area contributed by atoms with E-state index >= 15 is 0 Å². The van der Waals surface area contributed by atoms with Crippen LogP contribution < -0.4 is 10.5 Å². The first-order valence-corrected chi connectivity index (χ1v) is 12.5. The van der Waals surface area contributed by atoms with Crippen LogP contribution in [-0.4, -0.2) is 40.8 Å². The molecule has 9 heteroatoms. The number of nitrogens with zero attached hydrogens (tertiary/aromatic N) is 3. The minimum Gasteiger partial charge on any atom is -0.378 e. The van der Waals surface area contributed by atoms with E-state index in [2.05, 4.69) is 6.07 Å². The lowest BCUT2D eigenvalue weighted by Crippen LogP contribution is -2.50. The van der Waals surface area contributed by atoms with E-state index in [0.29, 0.717) is 39.9 Å². The van der Waals surface area contributed by atoms with Crippen molar-refractivity contribution in [3.8, 4) is 6.07 Å². The van der Waals surface area contributed by atoms with Gasteiger partial charge in [0.2, 0.25) is 11.8 Å². The van der Waals surface area contributed by atoms with Crippen LogP contribution in [0.4, 0.5) is 5.69 Å². The third kappa shape index (κ3) is 3.24. The lowest BCUT2D eigenvalue weighted by molar-refractivity contribution is -0.135. The molecule has 3 aromatic rings. The van der Waals surface area contributed by atoms with Crippen molar-refractivity contribution < 1.29 is 19.1 Å². The van der Waals surface area contributed by atoms with Gasteiger partial charge in [-0.05, 0) is 31.5 Å². The highest BCUT2D eigenvalue weighted by Crippen LogP contribution is 2.63. The van der Waals surface area contributed by atoms with E-state index < -0.39 is 23.0 Å². The van der Waals surface area contributed by atoms with E-state index in [9.17, 15) is 19.6 Å². The minimum atomic E-state index is -0.997. The summed E-state index contributed by atoms with van der Waals surface area (Å²) in [6.07, 6.45) is 1.94. The Kier molecular flexibility index (Phi) is 5.32. The molecule has 3 saturated heterocycles. The summed E-state index contributed by atoms with van der Waals surface area (Å²) in [5.74, 6) is -2.12. The third-order valence-electron chi connectivity index (χ3n) is 8.35. The van der Waals surface area contributed by atoms with Crippen molar-refractivity contribution in [3.05, 3.63) is 75.7 Å². The van der Waals surface area contributed by atoms with E-state index in [4.69, 9.17) is 21.1 Å². The van der Waals surface area contributed by atoms with Gasteiger partial charge in [-0.25, -0.2) is 4.90 Å². The number of carbonyl (C=O) groups excluding carboxylic acids is 2. The summed E-state index contributed by atoms with van der Waals surface area (Å²) in [6.45, 7) is 2.11. The largest absolute Gasteiger partial charge is 0.378 e. The predicted octanol–water partition coefficient (Wildman–Crippen LogP) is 3.67. The maximum atomic E-state index is 14.1. The number of amides is 2. The molecule has 2 bridgehead atoms. The van der Waals surface area contributed by atoms with Gasteiger partial charge < -0.3 is 14.0 Å². The maximum Gasteiger partial charge on any atom is 0.250 e.